The molecule has 106 valence electrons. The second kappa shape index (κ2) is 5.65. The molecule has 1 N–H and O–H groups in total. The Hall–Kier alpha value is -1.84. The van der Waals surface area contributed by atoms with E-state index in [1.165, 1.54) is 17.5 Å². The van der Waals surface area contributed by atoms with Crippen molar-refractivity contribution in [2.45, 2.75) is 32.1 Å². The Balaban J connectivity index is 1.57. The molecule has 0 spiro atoms. The van der Waals surface area contributed by atoms with Crippen molar-refractivity contribution in [2.75, 3.05) is 19.6 Å². The summed E-state index contributed by atoms with van der Waals surface area (Å²) in [7, 11) is 0. The predicted octanol–water partition coefficient (Wildman–Crippen LogP) is 1.53. The van der Waals surface area contributed by atoms with Gasteiger partial charge < -0.3 is 10.2 Å². The number of hydrogen-bond acceptors (Lipinski definition) is 2. The largest absolute Gasteiger partial charge is 0.343 e. The van der Waals surface area contributed by atoms with Crippen molar-refractivity contribution in [1.82, 2.24) is 10.2 Å². The minimum absolute atomic E-state index is 0.0250. The minimum atomic E-state index is -0.146. The van der Waals surface area contributed by atoms with Crippen LogP contribution in [0.15, 0.2) is 18.2 Å². The number of amides is 2. The maximum Gasteiger partial charge on any atom is 0.251 e. The van der Waals surface area contributed by atoms with E-state index in [4.69, 9.17) is 0 Å². The highest BCUT2D eigenvalue weighted by atomic mass is 16.2. The number of carbonyl (C=O) groups excluding carboxylic acids is 2. The molecule has 1 aromatic rings. The second-order valence-electron chi connectivity index (χ2n) is 5.61. The zero-order valence-corrected chi connectivity index (χ0v) is 11.7. The zero-order chi connectivity index (χ0) is 13.9. The van der Waals surface area contributed by atoms with Gasteiger partial charge in [-0.3, -0.25) is 9.59 Å². The van der Waals surface area contributed by atoms with Crippen LogP contribution in [0.3, 0.4) is 0 Å². The summed E-state index contributed by atoms with van der Waals surface area (Å²) in [6, 6.07) is 5.87. The van der Waals surface area contributed by atoms with Crippen molar-refractivity contribution in [3.8, 4) is 0 Å². The standard InChI is InChI=1S/C16H20N2O2/c19-15(18-8-1-2-9-18)11-17-16(20)14-7-6-12-4-3-5-13(12)10-14/h6-7,10H,1-5,8-9,11H2,(H,17,20). The van der Waals surface area contributed by atoms with E-state index >= 15 is 0 Å². The third-order valence-corrected chi connectivity index (χ3v) is 4.22. The number of aryl methyl sites for hydroxylation is 2. The number of likely N-dealkylation sites (tertiary alicyclic amines) is 1. The fourth-order valence-electron chi connectivity index (χ4n) is 3.05. The van der Waals surface area contributed by atoms with Crippen molar-refractivity contribution in [1.29, 1.82) is 0 Å². The molecule has 0 unspecified atom stereocenters. The van der Waals surface area contributed by atoms with Gasteiger partial charge in [-0.05, 0) is 55.4 Å². The Bertz CT molecular complexity index is 533. The average Bonchev–Trinajstić information content (AvgIpc) is 3.13. The summed E-state index contributed by atoms with van der Waals surface area (Å²) in [5.74, 6) is -0.121. The van der Waals surface area contributed by atoms with Gasteiger partial charge in [0.1, 0.15) is 0 Å². The Kier molecular flexibility index (Phi) is 3.72. The molecule has 0 saturated carbocycles. The lowest BCUT2D eigenvalue weighted by atomic mass is 10.1. The molecule has 1 fully saturated rings. The molecule has 4 heteroatoms. The third kappa shape index (κ3) is 2.69. The van der Waals surface area contributed by atoms with Gasteiger partial charge in [0, 0.05) is 18.7 Å². The van der Waals surface area contributed by atoms with Gasteiger partial charge >= 0.3 is 0 Å². The van der Waals surface area contributed by atoms with E-state index in [-0.39, 0.29) is 18.4 Å². The Labute approximate surface area is 119 Å². The monoisotopic (exact) mass is 272 g/mol. The van der Waals surface area contributed by atoms with Gasteiger partial charge in [0.05, 0.1) is 6.54 Å². The maximum atomic E-state index is 12.1. The third-order valence-electron chi connectivity index (χ3n) is 4.22. The van der Waals surface area contributed by atoms with E-state index in [0.29, 0.717) is 5.56 Å². The summed E-state index contributed by atoms with van der Waals surface area (Å²) >= 11 is 0. The summed E-state index contributed by atoms with van der Waals surface area (Å²) < 4.78 is 0. The quantitative estimate of drug-likeness (QED) is 0.907. The Morgan fingerprint density at radius 2 is 1.80 bits per heavy atom. The molecule has 1 heterocycles. The van der Waals surface area contributed by atoms with E-state index < -0.39 is 0 Å². The molecule has 3 rings (SSSR count). The van der Waals surface area contributed by atoms with E-state index in [1.807, 2.05) is 23.1 Å². The van der Waals surface area contributed by atoms with Crippen molar-refractivity contribution < 1.29 is 9.59 Å². The van der Waals surface area contributed by atoms with Crippen LogP contribution >= 0.6 is 0 Å². The van der Waals surface area contributed by atoms with Crippen LogP contribution in [-0.2, 0) is 17.6 Å². The lowest BCUT2D eigenvalue weighted by molar-refractivity contribution is -0.129. The summed E-state index contributed by atoms with van der Waals surface area (Å²) in [6.45, 7) is 1.76. The van der Waals surface area contributed by atoms with Crippen LogP contribution in [0.4, 0.5) is 0 Å². The lowest BCUT2D eigenvalue weighted by Crippen LogP contribution is -2.38. The van der Waals surface area contributed by atoms with Crippen LogP contribution < -0.4 is 5.32 Å². The molecule has 1 aliphatic heterocycles. The van der Waals surface area contributed by atoms with Crippen molar-refractivity contribution in [2.24, 2.45) is 0 Å². The molecule has 2 amide bonds. The molecule has 2 aliphatic rings. The van der Waals surface area contributed by atoms with E-state index in [2.05, 4.69) is 5.32 Å². The lowest BCUT2D eigenvalue weighted by Gasteiger charge is -2.15. The minimum Gasteiger partial charge on any atom is -0.343 e. The van der Waals surface area contributed by atoms with E-state index in [1.54, 1.807) is 0 Å². The molecule has 0 bridgehead atoms. The molecular formula is C16H20N2O2. The van der Waals surface area contributed by atoms with Gasteiger partial charge in [0.15, 0.2) is 0 Å². The molecule has 0 radical (unpaired) electrons. The molecule has 1 aliphatic carbocycles. The number of fused-ring (bicyclic) bond motifs is 1. The first-order valence-electron chi connectivity index (χ1n) is 7.42. The molecular weight excluding hydrogens is 252 g/mol. The molecule has 0 aromatic heterocycles. The normalized spacial score (nSPS) is 17.1. The van der Waals surface area contributed by atoms with Crippen LogP contribution in [0.25, 0.3) is 0 Å². The fraction of sp³-hybridized carbons (Fsp3) is 0.500. The predicted molar refractivity (Wildman–Crippen MR) is 76.6 cm³/mol. The van der Waals surface area contributed by atoms with E-state index in [0.717, 1.165) is 38.8 Å². The van der Waals surface area contributed by atoms with Gasteiger partial charge in [-0.25, -0.2) is 0 Å². The van der Waals surface area contributed by atoms with Crippen LogP contribution in [0, 0.1) is 0 Å². The smallest absolute Gasteiger partial charge is 0.251 e. The Morgan fingerprint density at radius 1 is 1.05 bits per heavy atom. The number of rotatable bonds is 3. The number of carbonyl (C=O) groups is 2. The highest BCUT2D eigenvalue weighted by molar-refractivity contribution is 5.96. The maximum absolute atomic E-state index is 12.1. The highest BCUT2D eigenvalue weighted by Gasteiger charge is 2.19. The van der Waals surface area contributed by atoms with Crippen molar-refractivity contribution in [3.63, 3.8) is 0 Å². The van der Waals surface area contributed by atoms with Crippen molar-refractivity contribution in [3.05, 3.63) is 34.9 Å². The first kappa shape index (κ1) is 13.2. The molecule has 1 saturated heterocycles. The summed E-state index contributed by atoms with van der Waals surface area (Å²) in [5, 5.41) is 2.74. The topological polar surface area (TPSA) is 49.4 Å². The fourth-order valence-corrected chi connectivity index (χ4v) is 3.05. The van der Waals surface area contributed by atoms with Crippen LogP contribution in [0.1, 0.15) is 40.7 Å². The molecule has 0 atom stereocenters. The van der Waals surface area contributed by atoms with Gasteiger partial charge in [0.2, 0.25) is 5.91 Å². The van der Waals surface area contributed by atoms with Crippen LogP contribution in [0.5, 0.6) is 0 Å². The molecule has 4 nitrogen and oxygen atoms in total. The van der Waals surface area contributed by atoms with Gasteiger partial charge in [0.25, 0.3) is 5.91 Å². The first-order valence-corrected chi connectivity index (χ1v) is 7.42. The molecule has 1 aromatic carbocycles. The number of nitrogens with one attached hydrogen (secondary N) is 1. The van der Waals surface area contributed by atoms with Crippen LogP contribution in [-0.4, -0.2) is 36.3 Å². The van der Waals surface area contributed by atoms with Crippen LogP contribution in [0.2, 0.25) is 0 Å². The highest BCUT2D eigenvalue weighted by Crippen LogP contribution is 2.22. The van der Waals surface area contributed by atoms with E-state index in [9.17, 15) is 9.59 Å². The molecule has 20 heavy (non-hydrogen) atoms. The number of hydrogen-bond donors (Lipinski definition) is 1. The SMILES string of the molecule is O=C(NCC(=O)N1CCCC1)c1ccc2c(c1)CCC2. The second-order valence-corrected chi connectivity index (χ2v) is 5.61. The zero-order valence-electron chi connectivity index (χ0n) is 11.7. The summed E-state index contributed by atoms with van der Waals surface area (Å²) in [6.07, 6.45) is 5.50. The average molecular weight is 272 g/mol. The van der Waals surface area contributed by atoms with Gasteiger partial charge in [-0.1, -0.05) is 6.07 Å². The number of nitrogens with zero attached hydrogens (tertiary/aromatic N) is 1. The van der Waals surface area contributed by atoms with Crippen molar-refractivity contribution >= 4 is 11.8 Å². The first-order chi connectivity index (χ1) is 9.74. The summed E-state index contributed by atoms with van der Waals surface area (Å²) in [5.41, 5.74) is 3.30. The van der Waals surface area contributed by atoms with Gasteiger partial charge in [-0.15, -0.1) is 0 Å². The van der Waals surface area contributed by atoms with Gasteiger partial charge in [-0.2, -0.15) is 0 Å². The Morgan fingerprint density at radius 3 is 2.60 bits per heavy atom. The number of benzene rings is 1. The summed E-state index contributed by atoms with van der Waals surface area (Å²) in [4.78, 5) is 25.8.